The highest BCUT2D eigenvalue weighted by Gasteiger charge is 2.26. The number of anilines is 1. The number of amides is 1. The third-order valence-electron chi connectivity index (χ3n) is 4.34. The van der Waals surface area contributed by atoms with Crippen molar-refractivity contribution in [1.29, 1.82) is 0 Å². The SMILES string of the molecule is O=C(CN(CCc1ccccc1)S(=O)(=O)c1ccccc1)Nc1ccccc1F. The number of hydrogen-bond donors (Lipinski definition) is 1. The zero-order chi connectivity index (χ0) is 20.7. The van der Waals surface area contributed by atoms with E-state index in [-0.39, 0.29) is 17.1 Å². The number of carbonyl (C=O) groups is 1. The summed E-state index contributed by atoms with van der Waals surface area (Å²) in [5, 5.41) is 2.44. The van der Waals surface area contributed by atoms with Crippen LogP contribution in [0.2, 0.25) is 0 Å². The van der Waals surface area contributed by atoms with Gasteiger partial charge in [0.15, 0.2) is 0 Å². The summed E-state index contributed by atoms with van der Waals surface area (Å²) in [6.45, 7) is -0.301. The van der Waals surface area contributed by atoms with Crippen LogP contribution in [0.4, 0.5) is 10.1 Å². The van der Waals surface area contributed by atoms with E-state index >= 15 is 0 Å². The molecule has 0 saturated carbocycles. The van der Waals surface area contributed by atoms with Crippen LogP contribution in [0.3, 0.4) is 0 Å². The van der Waals surface area contributed by atoms with E-state index in [0.717, 1.165) is 9.87 Å². The van der Waals surface area contributed by atoms with E-state index in [1.807, 2.05) is 30.3 Å². The molecule has 5 nitrogen and oxygen atoms in total. The summed E-state index contributed by atoms with van der Waals surface area (Å²) in [6.07, 6.45) is 0.444. The second-order valence-electron chi connectivity index (χ2n) is 6.42. The molecule has 1 N–H and O–H groups in total. The minimum atomic E-state index is -3.89. The summed E-state index contributed by atoms with van der Waals surface area (Å²) in [4.78, 5) is 12.6. The van der Waals surface area contributed by atoms with E-state index in [1.165, 1.54) is 30.3 Å². The van der Waals surface area contributed by atoms with Crippen molar-refractivity contribution in [2.24, 2.45) is 0 Å². The molecule has 0 bridgehead atoms. The second-order valence-corrected chi connectivity index (χ2v) is 8.35. The quantitative estimate of drug-likeness (QED) is 0.614. The standard InChI is InChI=1S/C22H21FN2O3S/c23-20-13-7-8-14-21(20)24-22(26)17-25(16-15-18-9-3-1-4-10-18)29(27,28)19-11-5-2-6-12-19/h1-14H,15-17H2,(H,24,26). The Bertz CT molecular complexity index is 1060. The maximum atomic E-state index is 13.8. The minimum Gasteiger partial charge on any atom is -0.322 e. The van der Waals surface area contributed by atoms with E-state index in [0.29, 0.717) is 6.42 Å². The van der Waals surface area contributed by atoms with Gasteiger partial charge in [-0.3, -0.25) is 4.79 Å². The zero-order valence-corrected chi connectivity index (χ0v) is 16.5. The van der Waals surface area contributed by atoms with Gasteiger partial charge >= 0.3 is 0 Å². The molecule has 0 aliphatic heterocycles. The molecule has 3 rings (SSSR count). The first-order chi connectivity index (χ1) is 14.0. The number of hydrogen-bond acceptors (Lipinski definition) is 3. The van der Waals surface area contributed by atoms with Crippen molar-refractivity contribution >= 4 is 21.6 Å². The van der Waals surface area contributed by atoms with Gasteiger partial charge in [-0.05, 0) is 36.2 Å². The Hall–Kier alpha value is -3.03. The van der Waals surface area contributed by atoms with E-state index in [2.05, 4.69) is 5.32 Å². The lowest BCUT2D eigenvalue weighted by molar-refractivity contribution is -0.116. The van der Waals surface area contributed by atoms with Crippen LogP contribution in [0.1, 0.15) is 5.56 Å². The first kappa shape index (κ1) is 20.7. The molecule has 0 heterocycles. The first-order valence-corrected chi connectivity index (χ1v) is 10.5. The van der Waals surface area contributed by atoms with Crippen LogP contribution >= 0.6 is 0 Å². The number of para-hydroxylation sites is 1. The molecule has 150 valence electrons. The molecule has 0 radical (unpaired) electrons. The Morgan fingerprint density at radius 2 is 1.45 bits per heavy atom. The van der Waals surface area contributed by atoms with Crippen molar-refractivity contribution in [3.8, 4) is 0 Å². The van der Waals surface area contributed by atoms with Crippen LogP contribution in [-0.4, -0.2) is 31.7 Å². The van der Waals surface area contributed by atoms with Crippen LogP contribution in [0.15, 0.2) is 89.8 Å². The van der Waals surface area contributed by atoms with Gasteiger partial charge in [0.1, 0.15) is 5.82 Å². The number of rotatable bonds is 8. The molecule has 3 aromatic carbocycles. The van der Waals surface area contributed by atoms with Crippen LogP contribution in [0, 0.1) is 5.82 Å². The number of benzene rings is 3. The molecule has 29 heavy (non-hydrogen) atoms. The Morgan fingerprint density at radius 3 is 2.10 bits per heavy atom. The molecule has 0 aliphatic rings. The second kappa shape index (κ2) is 9.45. The lowest BCUT2D eigenvalue weighted by Gasteiger charge is -2.22. The topological polar surface area (TPSA) is 66.5 Å². The van der Waals surface area contributed by atoms with Gasteiger partial charge in [-0.2, -0.15) is 4.31 Å². The lowest BCUT2D eigenvalue weighted by atomic mass is 10.1. The Balaban J connectivity index is 1.80. The fraction of sp³-hybridized carbons (Fsp3) is 0.136. The monoisotopic (exact) mass is 412 g/mol. The van der Waals surface area contributed by atoms with Gasteiger partial charge in [0.05, 0.1) is 17.1 Å². The number of sulfonamides is 1. The highest BCUT2D eigenvalue weighted by Crippen LogP contribution is 2.17. The molecule has 0 aliphatic carbocycles. The van der Waals surface area contributed by atoms with Crippen molar-refractivity contribution in [2.75, 3.05) is 18.4 Å². The summed E-state index contributed by atoms with van der Waals surface area (Å²) in [6, 6.07) is 23.1. The molecule has 0 saturated heterocycles. The average Bonchev–Trinajstić information content (AvgIpc) is 2.74. The van der Waals surface area contributed by atoms with Gasteiger partial charge in [0.2, 0.25) is 15.9 Å². The number of halogens is 1. The molecule has 0 aromatic heterocycles. The average molecular weight is 412 g/mol. The zero-order valence-electron chi connectivity index (χ0n) is 15.7. The van der Waals surface area contributed by atoms with E-state index in [4.69, 9.17) is 0 Å². The highest BCUT2D eigenvalue weighted by atomic mass is 32.2. The van der Waals surface area contributed by atoms with Crippen LogP contribution in [-0.2, 0) is 21.2 Å². The third kappa shape index (κ3) is 5.49. The fourth-order valence-corrected chi connectivity index (χ4v) is 4.25. The molecule has 0 atom stereocenters. The maximum absolute atomic E-state index is 13.8. The van der Waals surface area contributed by atoms with Crippen molar-refractivity contribution < 1.29 is 17.6 Å². The summed E-state index contributed by atoms with van der Waals surface area (Å²) in [5.41, 5.74) is 0.966. The van der Waals surface area contributed by atoms with Gasteiger partial charge in [-0.1, -0.05) is 60.7 Å². The summed E-state index contributed by atoms with van der Waals surface area (Å²) in [7, 11) is -3.89. The molecular weight excluding hydrogens is 391 g/mol. The van der Waals surface area contributed by atoms with E-state index < -0.39 is 28.3 Å². The fourth-order valence-electron chi connectivity index (χ4n) is 2.84. The molecule has 0 spiro atoms. The van der Waals surface area contributed by atoms with Crippen molar-refractivity contribution in [3.05, 3.63) is 96.3 Å². The van der Waals surface area contributed by atoms with Gasteiger partial charge in [-0.15, -0.1) is 0 Å². The van der Waals surface area contributed by atoms with Crippen molar-refractivity contribution in [3.63, 3.8) is 0 Å². The predicted octanol–water partition coefficient (Wildman–Crippen LogP) is 3.70. The maximum Gasteiger partial charge on any atom is 0.243 e. The molecular formula is C22H21FN2O3S. The highest BCUT2D eigenvalue weighted by molar-refractivity contribution is 7.89. The molecule has 0 fully saturated rings. The smallest absolute Gasteiger partial charge is 0.243 e. The Morgan fingerprint density at radius 1 is 0.862 bits per heavy atom. The third-order valence-corrected chi connectivity index (χ3v) is 6.20. The number of carbonyl (C=O) groups excluding carboxylic acids is 1. The summed E-state index contributed by atoms with van der Waals surface area (Å²) >= 11 is 0. The van der Waals surface area contributed by atoms with E-state index in [9.17, 15) is 17.6 Å². The number of nitrogens with one attached hydrogen (secondary N) is 1. The van der Waals surface area contributed by atoms with Crippen molar-refractivity contribution in [2.45, 2.75) is 11.3 Å². The Kier molecular flexibility index (Phi) is 6.74. The molecule has 3 aromatic rings. The van der Waals surface area contributed by atoms with Crippen LogP contribution < -0.4 is 5.32 Å². The molecule has 1 amide bonds. The van der Waals surface area contributed by atoms with Crippen molar-refractivity contribution in [1.82, 2.24) is 4.31 Å². The van der Waals surface area contributed by atoms with Gasteiger partial charge in [0, 0.05) is 6.54 Å². The number of nitrogens with zero attached hydrogens (tertiary/aromatic N) is 1. The Labute approximate surface area is 169 Å². The van der Waals surface area contributed by atoms with Crippen LogP contribution in [0.5, 0.6) is 0 Å². The van der Waals surface area contributed by atoms with Gasteiger partial charge < -0.3 is 5.32 Å². The first-order valence-electron chi connectivity index (χ1n) is 9.10. The van der Waals surface area contributed by atoms with Gasteiger partial charge in [-0.25, -0.2) is 12.8 Å². The normalized spacial score (nSPS) is 11.4. The largest absolute Gasteiger partial charge is 0.322 e. The summed E-state index contributed by atoms with van der Waals surface area (Å²) in [5.74, 6) is -1.19. The van der Waals surface area contributed by atoms with Crippen LogP contribution in [0.25, 0.3) is 0 Å². The predicted molar refractivity (Wildman–Crippen MR) is 110 cm³/mol. The molecule has 0 unspecified atom stereocenters. The van der Waals surface area contributed by atoms with E-state index in [1.54, 1.807) is 24.3 Å². The summed E-state index contributed by atoms with van der Waals surface area (Å²) < 4.78 is 41.1. The van der Waals surface area contributed by atoms with Gasteiger partial charge in [0.25, 0.3) is 0 Å². The lowest BCUT2D eigenvalue weighted by Crippen LogP contribution is -2.39. The molecule has 7 heteroatoms. The minimum absolute atomic E-state index is 0.0117.